The van der Waals surface area contributed by atoms with Crippen LogP contribution in [0, 0.1) is 5.92 Å². The maximum atomic E-state index is 10.0. The second-order valence-electron chi connectivity index (χ2n) is 5.05. The molecule has 1 aromatic rings. The maximum absolute atomic E-state index is 10.0. The van der Waals surface area contributed by atoms with Crippen LogP contribution in [0.25, 0.3) is 0 Å². The highest BCUT2D eigenvalue weighted by Gasteiger charge is 2.26. The van der Waals surface area contributed by atoms with Gasteiger partial charge < -0.3 is 14.7 Å². The Hall–Kier alpha value is -1.22. The zero-order valence-corrected chi connectivity index (χ0v) is 11.5. The van der Waals surface area contributed by atoms with E-state index < -0.39 is 6.10 Å². The number of rotatable bonds is 6. The monoisotopic (exact) mass is 249 g/mol. The molecule has 0 aromatic heterocycles. The normalized spacial score (nSPS) is 16.4. The van der Waals surface area contributed by atoms with Crippen LogP contribution in [0.15, 0.2) is 18.2 Å². The number of benzene rings is 1. The highest BCUT2D eigenvalue weighted by atomic mass is 16.5. The summed E-state index contributed by atoms with van der Waals surface area (Å²) in [6.45, 7) is 6.01. The lowest BCUT2D eigenvalue weighted by Crippen LogP contribution is -2.26. The molecule has 0 aliphatic heterocycles. The first-order valence-corrected chi connectivity index (χ1v) is 6.77. The van der Waals surface area contributed by atoms with Crippen molar-refractivity contribution in [3.8, 4) is 5.75 Å². The third kappa shape index (κ3) is 2.78. The molecule has 1 aromatic carbocycles. The van der Waals surface area contributed by atoms with Crippen molar-refractivity contribution in [2.45, 2.75) is 32.8 Å². The van der Waals surface area contributed by atoms with E-state index in [9.17, 15) is 5.11 Å². The molecule has 0 heterocycles. The van der Waals surface area contributed by atoms with Gasteiger partial charge in [0.05, 0.1) is 13.2 Å². The Kier molecular flexibility index (Phi) is 4.12. The van der Waals surface area contributed by atoms with Crippen LogP contribution in [0.1, 0.15) is 38.4 Å². The van der Waals surface area contributed by atoms with E-state index in [-0.39, 0.29) is 0 Å². The zero-order chi connectivity index (χ0) is 13.1. The molecule has 3 nitrogen and oxygen atoms in total. The summed E-state index contributed by atoms with van der Waals surface area (Å²) in [6, 6.07) is 5.99. The van der Waals surface area contributed by atoms with Crippen LogP contribution in [-0.2, 0) is 0 Å². The molecule has 1 aliphatic carbocycles. The molecule has 18 heavy (non-hydrogen) atoms. The fourth-order valence-corrected chi connectivity index (χ4v) is 2.42. The van der Waals surface area contributed by atoms with Crippen LogP contribution in [0.2, 0.25) is 0 Å². The number of methoxy groups -OCH3 is 1. The van der Waals surface area contributed by atoms with Gasteiger partial charge in [-0.1, -0.05) is 6.07 Å². The molecule has 3 heteroatoms. The van der Waals surface area contributed by atoms with Crippen molar-refractivity contribution in [1.29, 1.82) is 0 Å². The van der Waals surface area contributed by atoms with Crippen molar-refractivity contribution in [3.63, 3.8) is 0 Å². The summed E-state index contributed by atoms with van der Waals surface area (Å²) >= 11 is 0. The van der Waals surface area contributed by atoms with E-state index in [4.69, 9.17) is 4.74 Å². The minimum Gasteiger partial charge on any atom is -0.496 e. The number of nitrogens with zero attached hydrogens (tertiary/aromatic N) is 1. The molecule has 1 fully saturated rings. The SMILES string of the molecule is CCN(CC1CC1)c1cccc(OC)c1[C@H](C)O. The van der Waals surface area contributed by atoms with Crippen LogP contribution in [0.4, 0.5) is 5.69 Å². The fourth-order valence-electron chi connectivity index (χ4n) is 2.42. The van der Waals surface area contributed by atoms with Gasteiger partial charge in [-0.3, -0.25) is 0 Å². The molecule has 1 atom stereocenters. The van der Waals surface area contributed by atoms with E-state index in [0.717, 1.165) is 36.0 Å². The van der Waals surface area contributed by atoms with Gasteiger partial charge in [-0.15, -0.1) is 0 Å². The molecular formula is C15H23NO2. The Balaban J connectivity index is 2.33. The first-order chi connectivity index (χ1) is 8.67. The van der Waals surface area contributed by atoms with E-state index in [0.29, 0.717) is 0 Å². The average Bonchev–Trinajstić information content (AvgIpc) is 3.18. The Morgan fingerprint density at radius 3 is 2.67 bits per heavy atom. The lowest BCUT2D eigenvalue weighted by atomic mass is 10.1. The highest BCUT2D eigenvalue weighted by Crippen LogP contribution is 2.37. The van der Waals surface area contributed by atoms with Gasteiger partial charge in [-0.25, -0.2) is 0 Å². The van der Waals surface area contributed by atoms with Crippen molar-refractivity contribution in [2.75, 3.05) is 25.1 Å². The fraction of sp³-hybridized carbons (Fsp3) is 0.600. The largest absolute Gasteiger partial charge is 0.496 e. The number of hydrogen-bond acceptors (Lipinski definition) is 3. The number of aliphatic hydroxyl groups excluding tert-OH is 1. The topological polar surface area (TPSA) is 32.7 Å². The van der Waals surface area contributed by atoms with Crippen LogP contribution < -0.4 is 9.64 Å². The summed E-state index contributed by atoms with van der Waals surface area (Å²) in [5, 5.41) is 10.0. The number of hydrogen-bond donors (Lipinski definition) is 1. The van der Waals surface area contributed by atoms with Crippen molar-refractivity contribution in [1.82, 2.24) is 0 Å². The Labute approximate surface area is 109 Å². The molecule has 100 valence electrons. The molecule has 0 bridgehead atoms. The Morgan fingerprint density at radius 2 is 2.17 bits per heavy atom. The van der Waals surface area contributed by atoms with Crippen molar-refractivity contribution >= 4 is 5.69 Å². The number of ether oxygens (including phenoxy) is 1. The van der Waals surface area contributed by atoms with Crippen LogP contribution in [-0.4, -0.2) is 25.3 Å². The van der Waals surface area contributed by atoms with Crippen LogP contribution in [0.5, 0.6) is 5.75 Å². The summed E-state index contributed by atoms with van der Waals surface area (Å²) in [7, 11) is 1.65. The molecule has 0 unspecified atom stereocenters. The van der Waals surface area contributed by atoms with E-state index in [2.05, 4.69) is 17.9 Å². The smallest absolute Gasteiger partial charge is 0.126 e. The van der Waals surface area contributed by atoms with Gasteiger partial charge in [0.25, 0.3) is 0 Å². The van der Waals surface area contributed by atoms with Gasteiger partial charge in [-0.05, 0) is 44.7 Å². The van der Waals surface area contributed by atoms with Gasteiger partial charge in [0.1, 0.15) is 5.75 Å². The van der Waals surface area contributed by atoms with E-state index >= 15 is 0 Å². The van der Waals surface area contributed by atoms with Gasteiger partial charge in [0, 0.05) is 24.3 Å². The molecule has 2 rings (SSSR count). The third-order valence-electron chi connectivity index (χ3n) is 3.58. The molecule has 1 saturated carbocycles. The quantitative estimate of drug-likeness (QED) is 0.841. The Morgan fingerprint density at radius 1 is 1.44 bits per heavy atom. The predicted molar refractivity (Wildman–Crippen MR) is 74.2 cm³/mol. The van der Waals surface area contributed by atoms with Crippen molar-refractivity contribution in [3.05, 3.63) is 23.8 Å². The number of aliphatic hydroxyl groups is 1. The maximum Gasteiger partial charge on any atom is 0.126 e. The van der Waals surface area contributed by atoms with E-state index in [1.54, 1.807) is 14.0 Å². The first kappa shape index (κ1) is 13.2. The van der Waals surface area contributed by atoms with E-state index in [1.807, 2.05) is 12.1 Å². The van der Waals surface area contributed by atoms with Gasteiger partial charge in [-0.2, -0.15) is 0 Å². The number of anilines is 1. The summed E-state index contributed by atoms with van der Waals surface area (Å²) in [5.41, 5.74) is 2.02. The lowest BCUT2D eigenvalue weighted by Gasteiger charge is -2.27. The minimum absolute atomic E-state index is 0.510. The van der Waals surface area contributed by atoms with Crippen molar-refractivity contribution in [2.24, 2.45) is 5.92 Å². The predicted octanol–water partition coefficient (Wildman–Crippen LogP) is 2.98. The molecule has 1 N–H and O–H groups in total. The van der Waals surface area contributed by atoms with Gasteiger partial charge in [0.15, 0.2) is 0 Å². The summed E-state index contributed by atoms with van der Waals surface area (Å²) in [4.78, 5) is 2.35. The summed E-state index contributed by atoms with van der Waals surface area (Å²) in [5.74, 6) is 1.61. The van der Waals surface area contributed by atoms with E-state index in [1.165, 1.54) is 12.8 Å². The molecule has 0 saturated heterocycles. The summed E-state index contributed by atoms with van der Waals surface area (Å²) in [6.07, 6.45) is 2.17. The first-order valence-electron chi connectivity index (χ1n) is 6.77. The van der Waals surface area contributed by atoms with Gasteiger partial charge >= 0.3 is 0 Å². The zero-order valence-electron chi connectivity index (χ0n) is 11.5. The molecule has 0 radical (unpaired) electrons. The third-order valence-corrected chi connectivity index (χ3v) is 3.58. The van der Waals surface area contributed by atoms with Crippen LogP contribution >= 0.6 is 0 Å². The van der Waals surface area contributed by atoms with Crippen LogP contribution in [0.3, 0.4) is 0 Å². The highest BCUT2D eigenvalue weighted by molar-refractivity contribution is 5.60. The van der Waals surface area contributed by atoms with Crippen molar-refractivity contribution < 1.29 is 9.84 Å². The standard InChI is InChI=1S/C15H23NO2/c1-4-16(10-12-8-9-12)13-6-5-7-14(18-3)15(13)11(2)17/h5-7,11-12,17H,4,8-10H2,1-3H3/t11-/m0/s1. The average molecular weight is 249 g/mol. The molecular weight excluding hydrogens is 226 g/mol. The molecule has 0 amide bonds. The molecule has 1 aliphatic rings. The second kappa shape index (κ2) is 5.61. The minimum atomic E-state index is -0.510. The van der Waals surface area contributed by atoms with Gasteiger partial charge in [0.2, 0.25) is 0 Å². The molecule has 0 spiro atoms. The summed E-state index contributed by atoms with van der Waals surface area (Å²) < 4.78 is 5.38. The lowest BCUT2D eigenvalue weighted by molar-refractivity contribution is 0.194. The Bertz CT molecular complexity index is 399. The second-order valence-corrected chi connectivity index (χ2v) is 5.05.